The zero-order chi connectivity index (χ0) is 38.0. The van der Waals surface area contributed by atoms with Gasteiger partial charge in [-0.15, -0.1) is 0 Å². The Balaban J connectivity index is 2.44. The van der Waals surface area contributed by atoms with Gasteiger partial charge in [0.15, 0.2) is 8.07 Å². The Morgan fingerprint density at radius 1 is 0.400 bits per heavy atom. The predicted molar refractivity (Wildman–Crippen MR) is 227 cm³/mol. The third-order valence-electron chi connectivity index (χ3n) is 11.1. The van der Waals surface area contributed by atoms with Crippen LogP contribution in [-0.4, -0.2) is 8.07 Å². The van der Waals surface area contributed by atoms with E-state index in [4.69, 9.17) is 0 Å². The van der Waals surface area contributed by atoms with E-state index in [-0.39, 0.29) is 32.5 Å². The Hall–Kier alpha value is -2.64. The van der Waals surface area contributed by atoms with Gasteiger partial charge in [-0.3, -0.25) is 0 Å². The Morgan fingerprint density at radius 3 is 0.820 bits per heavy atom. The SMILES string of the molecule is CCC1=CCC([Si](c2cc(C(C)(C)C)cc(C(C)(C)C)c2)(c2cc(C(C)(C)C)cc(C(C)(C)C)c2)c2cc(C(C)(C)C)cc(C(C)(C)C)c2)=C1. The molecule has 3 aromatic rings. The normalized spacial score (nSPS) is 15.3. The largest absolute Gasteiger partial charge is 0.176 e. The van der Waals surface area contributed by atoms with Crippen LogP contribution in [0.3, 0.4) is 0 Å². The molecule has 0 radical (unpaired) electrons. The maximum absolute atomic E-state index is 2.90. The van der Waals surface area contributed by atoms with Crippen molar-refractivity contribution in [2.45, 2.75) is 177 Å². The highest BCUT2D eigenvalue weighted by Gasteiger charge is 2.46. The van der Waals surface area contributed by atoms with Crippen LogP contribution < -0.4 is 15.6 Å². The number of hydrogen-bond acceptors (Lipinski definition) is 0. The summed E-state index contributed by atoms with van der Waals surface area (Å²) in [5, 5.41) is 6.22. The van der Waals surface area contributed by atoms with E-state index in [0.29, 0.717) is 0 Å². The molecule has 0 aromatic heterocycles. The summed E-state index contributed by atoms with van der Waals surface area (Å²) in [4.78, 5) is 0. The summed E-state index contributed by atoms with van der Waals surface area (Å²) in [6, 6.07) is 23.4. The van der Waals surface area contributed by atoms with Gasteiger partial charge in [-0.25, -0.2) is 0 Å². The average molecular weight is 689 g/mol. The smallest absolute Gasteiger partial charge is 0.0776 e. The highest BCUT2D eigenvalue weighted by Crippen LogP contribution is 2.37. The zero-order valence-corrected chi connectivity index (χ0v) is 36.8. The average Bonchev–Trinajstić information content (AvgIpc) is 3.44. The van der Waals surface area contributed by atoms with Gasteiger partial charge in [-0.05, 0) is 94.3 Å². The molecule has 0 saturated heterocycles. The van der Waals surface area contributed by atoms with E-state index in [9.17, 15) is 0 Å². The van der Waals surface area contributed by atoms with Crippen LogP contribution in [0.25, 0.3) is 0 Å². The molecule has 0 amide bonds. The second-order valence-electron chi connectivity index (χ2n) is 21.7. The molecule has 0 fully saturated rings. The van der Waals surface area contributed by atoms with Crippen molar-refractivity contribution in [2.75, 3.05) is 0 Å². The van der Waals surface area contributed by atoms with Crippen LogP contribution >= 0.6 is 0 Å². The van der Waals surface area contributed by atoms with Crippen molar-refractivity contribution in [3.8, 4) is 0 Å². The van der Waals surface area contributed by atoms with Gasteiger partial charge in [0, 0.05) is 0 Å². The monoisotopic (exact) mass is 689 g/mol. The van der Waals surface area contributed by atoms with E-state index >= 15 is 0 Å². The summed E-state index contributed by atoms with van der Waals surface area (Å²) in [5.41, 5.74) is 10.2. The second kappa shape index (κ2) is 13.1. The van der Waals surface area contributed by atoms with Crippen molar-refractivity contribution in [3.63, 3.8) is 0 Å². The van der Waals surface area contributed by atoms with Crippen LogP contribution in [-0.2, 0) is 32.5 Å². The first-order valence-corrected chi connectivity index (χ1v) is 21.4. The molecule has 1 aliphatic rings. The lowest BCUT2D eigenvalue weighted by molar-refractivity contribution is 0.569. The fraction of sp³-hybridized carbons (Fsp3) is 0.551. The minimum Gasteiger partial charge on any atom is -0.0776 e. The van der Waals surface area contributed by atoms with Gasteiger partial charge in [0.1, 0.15) is 0 Å². The number of allylic oxidation sites excluding steroid dienone is 4. The molecule has 50 heavy (non-hydrogen) atoms. The van der Waals surface area contributed by atoms with Crippen LogP contribution in [0.5, 0.6) is 0 Å². The molecular formula is C49H72Si. The van der Waals surface area contributed by atoms with Gasteiger partial charge < -0.3 is 0 Å². The van der Waals surface area contributed by atoms with E-state index in [1.807, 2.05) is 0 Å². The fourth-order valence-electron chi connectivity index (χ4n) is 7.28. The molecule has 0 nitrogen and oxygen atoms in total. The summed E-state index contributed by atoms with van der Waals surface area (Å²) < 4.78 is 0. The number of benzene rings is 3. The molecule has 0 atom stereocenters. The fourth-order valence-corrected chi connectivity index (χ4v) is 12.4. The van der Waals surface area contributed by atoms with Crippen LogP contribution in [0, 0.1) is 0 Å². The summed E-state index contributed by atoms with van der Waals surface area (Å²) >= 11 is 0. The van der Waals surface area contributed by atoms with Gasteiger partial charge >= 0.3 is 0 Å². The number of hydrogen-bond donors (Lipinski definition) is 0. The summed E-state index contributed by atoms with van der Waals surface area (Å²) in [6.07, 6.45) is 7.24. The van der Waals surface area contributed by atoms with E-state index < -0.39 is 8.07 Å². The van der Waals surface area contributed by atoms with Crippen LogP contribution in [0.4, 0.5) is 0 Å². The molecule has 0 aliphatic heterocycles. The lowest BCUT2D eigenvalue weighted by atomic mass is 9.80. The molecule has 0 heterocycles. The van der Waals surface area contributed by atoms with Crippen molar-refractivity contribution < 1.29 is 0 Å². The molecule has 1 heteroatoms. The van der Waals surface area contributed by atoms with Gasteiger partial charge in [-0.1, -0.05) is 209 Å². The first-order valence-electron chi connectivity index (χ1n) is 19.4. The van der Waals surface area contributed by atoms with E-state index in [0.717, 1.165) is 12.8 Å². The standard InChI is InChI=1S/C49H72Si/c1-20-33-21-22-40(23-33)50(41-27-34(44(2,3)4)24-35(28-41)45(5,6)7,42-29-36(46(8,9)10)25-37(30-42)47(11,12)13)43-31-38(48(14,15)16)26-39(32-43)49(17,18)19/h21,23-32H,20,22H2,1-19H3. The Bertz CT molecular complexity index is 1500. The minimum absolute atomic E-state index is 0.0146. The molecule has 0 N–H and O–H groups in total. The zero-order valence-electron chi connectivity index (χ0n) is 35.8. The Kier molecular flexibility index (Phi) is 10.5. The Morgan fingerprint density at radius 2 is 0.640 bits per heavy atom. The van der Waals surface area contributed by atoms with E-state index in [1.54, 1.807) is 5.20 Å². The molecule has 1 aliphatic carbocycles. The quantitative estimate of drug-likeness (QED) is 0.185. The van der Waals surface area contributed by atoms with Crippen molar-refractivity contribution >= 4 is 23.6 Å². The first-order chi connectivity index (χ1) is 22.5. The molecule has 0 bridgehead atoms. The van der Waals surface area contributed by atoms with Crippen molar-refractivity contribution in [3.05, 3.63) is 111 Å². The highest BCUT2D eigenvalue weighted by atomic mass is 28.3. The van der Waals surface area contributed by atoms with Crippen LogP contribution in [0.1, 0.15) is 178 Å². The summed E-state index contributed by atoms with van der Waals surface area (Å²) in [6.45, 7) is 45.4. The second-order valence-corrected chi connectivity index (χ2v) is 25.5. The van der Waals surface area contributed by atoms with Gasteiger partial charge in [0.05, 0.1) is 0 Å². The third-order valence-corrected chi connectivity index (χ3v) is 15.9. The summed E-state index contributed by atoms with van der Waals surface area (Å²) in [5.74, 6) is 0. The lowest BCUT2D eigenvalue weighted by Gasteiger charge is -2.40. The maximum atomic E-state index is 2.65. The summed E-state index contributed by atoms with van der Waals surface area (Å²) in [7, 11) is -2.90. The minimum atomic E-state index is -2.90. The van der Waals surface area contributed by atoms with Crippen LogP contribution in [0.15, 0.2) is 77.5 Å². The number of rotatable bonds is 5. The predicted octanol–water partition coefficient (Wildman–Crippen LogP) is 12.1. The van der Waals surface area contributed by atoms with Crippen molar-refractivity contribution in [2.24, 2.45) is 0 Å². The molecule has 0 spiro atoms. The van der Waals surface area contributed by atoms with Crippen molar-refractivity contribution in [1.29, 1.82) is 0 Å². The lowest BCUT2D eigenvalue weighted by Crippen LogP contribution is -2.69. The topological polar surface area (TPSA) is 0 Å². The van der Waals surface area contributed by atoms with E-state index in [2.05, 4.69) is 198 Å². The Labute approximate surface area is 310 Å². The van der Waals surface area contributed by atoms with Gasteiger partial charge in [-0.2, -0.15) is 0 Å². The maximum Gasteiger partial charge on any atom is 0.176 e. The van der Waals surface area contributed by atoms with Crippen LogP contribution in [0.2, 0.25) is 0 Å². The molecule has 0 saturated carbocycles. The van der Waals surface area contributed by atoms with Gasteiger partial charge in [0.2, 0.25) is 0 Å². The highest BCUT2D eigenvalue weighted by molar-refractivity contribution is 7.16. The van der Waals surface area contributed by atoms with Gasteiger partial charge in [0.25, 0.3) is 0 Å². The molecular weight excluding hydrogens is 617 g/mol. The van der Waals surface area contributed by atoms with Crippen molar-refractivity contribution in [1.82, 2.24) is 0 Å². The molecule has 4 rings (SSSR count). The molecule has 272 valence electrons. The first kappa shape index (κ1) is 40.1. The van der Waals surface area contributed by atoms with E-state index in [1.165, 1.54) is 54.5 Å². The molecule has 0 unspecified atom stereocenters. The molecule has 3 aromatic carbocycles. The third kappa shape index (κ3) is 8.19.